The summed E-state index contributed by atoms with van der Waals surface area (Å²) in [4.78, 5) is 23.5. The largest absolute Gasteiger partial charge is 0.480 e. The SMILES string of the molecule is C=C(CC(NC(c1ccccc1)c1ccccc1)C(=O)O)C(=O)OCC. The van der Waals surface area contributed by atoms with Crippen LogP contribution in [-0.4, -0.2) is 29.7 Å². The summed E-state index contributed by atoms with van der Waals surface area (Å²) >= 11 is 0. The van der Waals surface area contributed by atoms with Crippen molar-refractivity contribution in [2.75, 3.05) is 6.61 Å². The van der Waals surface area contributed by atoms with Gasteiger partial charge in [-0.05, 0) is 18.1 Å². The maximum atomic E-state index is 11.8. The van der Waals surface area contributed by atoms with Crippen molar-refractivity contribution in [1.29, 1.82) is 0 Å². The maximum absolute atomic E-state index is 11.8. The van der Waals surface area contributed by atoms with E-state index in [2.05, 4.69) is 11.9 Å². The van der Waals surface area contributed by atoms with Crippen molar-refractivity contribution < 1.29 is 19.4 Å². The number of carbonyl (C=O) groups excluding carboxylic acids is 1. The van der Waals surface area contributed by atoms with Crippen LogP contribution in [0.1, 0.15) is 30.5 Å². The lowest BCUT2D eigenvalue weighted by atomic mass is 9.96. The van der Waals surface area contributed by atoms with Crippen molar-refractivity contribution in [3.8, 4) is 0 Å². The summed E-state index contributed by atoms with van der Waals surface area (Å²) in [5.74, 6) is -1.62. The Morgan fingerprint density at radius 2 is 1.54 bits per heavy atom. The van der Waals surface area contributed by atoms with Crippen LogP contribution < -0.4 is 5.32 Å². The Morgan fingerprint density at radius 1 is 1.04 bits per heavy atom. The number of aliphatic carboxylic acids is 1. The molecule has 0 radical (unpaired) electrons. The van der Waals surface area contributed by atoms with E-state index in [0.717, 1.165) is 11.1 Å². The van der Waals surface area contributed by atoms with Crippen LogP contribution in [0.3, 0.4) is 0 Å². The van der Waals surface area contributed by atoms with Gasteiger partial charge in [-0.25, -0.2) is 4.79 Å². The predicted molar refractivity (Wildman–Crippen MR) is 99.7 cm³/mol. The first-order chi connectivity index (χ1) is 12.5. The van der Waals surface area contributed by atoms with Gasteiger partial charge in [-0.15, -0.1) is 0 Å². The van der Waals surface area contributed by atoms with Crippen LogP contribution in [0.2, 0.25) is 0 Å². The van der Waals surface area contributed by atoms with E-state index in [9.17, 15) is 14.7 Å². The zero-order chi connectivity index (χ0) is 18.9. The summed E-state index contributed by atoms with van der Waals surface area (Å²) in [6.45, 7) is 5.59. The highest BCUT2D eigenvalue weighted by Gasteiger charge is 2.26. The van der Waals surface area contributed by atoms with E-state index in [0.29, 0.717) is 0 Å². The minimum atomic E-state index is -1.05. The first kappa shape index (κ1) is 19.4. The van der Waals surface area contributed by atoms with Crippen LogP contribution in [0.5, 0.6) is 0 Å². The molecule has 26 heavy (non-hydrogen) atoms. The molecule has 0 aliphatic carbocycles. The zero-order valence-electron chi connectivity index (χ0n) is 14.7. The molecule has 0 saturated carbocycles. The molecular formula is C21H23NO4. The third-order valence-electron chi connectivity index (χ3n) is 3.95. The van der Waals surface area contributed by atoms with Crippen LogP contribution in [0, 0.1) is 0 Å². The molecule has 0 heterocycles. The van der Waals surface area contributed by atoms with E-state index in [1.165, 1.54) is 0 Å². The molecule has 2 aromatic rings. The average Bonchev–Trinajstić information content (AvgIpc) is 2.66. The van der Waals surface area contributed by atoms with Crippen molar-refractivity contribution in [3.63, 3.8) is 0 Å². The summed E-state index contributed by atoms with van der Waals surface area (Å²) in [6, 6.07) is 17.9. The van der Waals surface area contributed by atoms with Crippen molar-refractivity contribution in [1.82, 2.24) is 5.32 Å². The minimum Gasteiger partial charge on any atom is -0.480 e. The van der Waals surface area contributed by atoms with Crippen molar-refractivity contribution in [2.24, 2.45) is 0 Å². The van der Waals surface area contributed by atoms with E-state index in [1.54, 1.807) is 6.92 Å². The molecule has 2 aromatic carbocycles. The molecule has 2 N–H and O–H groups in total. The Morgan fingerprint density at radius 3 is 1.96 bits per heavy atom. The fraction of sp³-hybridized carbons (Fsp3) is 0.238. The lowest BCUT2D eigenvalue weighted by molar-refractivity contribution is -0.140. The molecule has 0 amide bonds. The molecule has 0 aromatic heterocycles. The number of esters is 1. The minimum absolute atomic E-state index is 0.0374. The summed E-state index contributed by atoms with van der Waals surface area (Å²) in [5.41, 5.74) is 2.00. The third kappa shape index (κ3) is 5.29. The number of benzene rings is 2. The van der Waals surface area contributed by atoms with Gasteiger partial charge < -0.3 is 9.84 Å². The van der Waals surface area contributed by atoms with Gasteiger partial charge in [-0.2, -0.15) is 0 Å². The van der Waals surface area contributed by atoms with Gasteiger partial charge in [0.25, 0.3) is 0 Å². The van der Waals surface area contributed by atoms with E-state index < -0.39 is 18.0 Å². The summed E-state index contributed by atoms with van der Waals surface area (Å²) in [5, 5.41) is 12.8. The monoisotopic (exact) mass is 353 g/mol. The highest BCUT2D eigenvalue weighted by molar-refractivity contribution is 5.89. The van der Waals surface area contributed by atoms with Gasteiger partial charge in [0.1, 0.15) is 6.04 Å². The highest BCUT2D eigenvalue weighted by Crippen LogP contribution is 2.23. The number of carbonyl (C=O) groups is 2. The van der Waals surface area contributed by atoms with Gasteiger partial charge in [-0.3, -0.25) is 10.1 Å². The fourth-order valence-corrected chi connectivity index (χ4v) is 2.66. The lowest BCUT2D eigenvalue weighted by Crippen LogP contribution is -2.40. The lowest BCUT2D eigenvalue weighted by Gasteiger charge is -2.24. The standard InChI is InChI=1S/C21H23NO4/c1-3-26-21(25)15(2)14-18(20(23)24)22-19(16-10-6-4-7-11-16)17-12-8-5-9-13-17/h4-13,18-19,22H,2-3,14H2,1H3,(H,23,24). The molecule has 0 spiro atoms. The Kier molecular flexibility index (Phi) is 7.12. The van der Waals surface area contributed by atoms with Crippen LogP contribution in [-0.2, 0) is 14.3 Å². The van der Waals surface area contributed by atoms with Crippen LogP contribution in [0.25, 0.3) is 0 Å². The molecule has 1 unspecified atom stereocenters. The van der Waals surface area contributed by atoms with Crippen LogP contribution in [0.15, 0.2) is 72.8 Å². The molecule has 5 heteroatoms. The maximum Gasteiger partial charge on any atom is 0.333 e. The topological polar surface area (TPSA) is 75.6 Å². The quantitative estimate of drug-likeness (QED) is 0.534. The summed E-state index contributed by atoms with van der Waals surface area (Å²) < 4.78 is 4.90. The van der Waals surface area contributed by atoms with Gasteiger partial charge in [0.2, 0.25) is 0 Å². The number of carboxylic acids is 1. The molecule has 0 fully saturated rings. The van der Waals surface area contributed by atoms with Crippen molar-refractivity contribution >= 4 is 11.9 Å². The number of carboxylic acid groups (broad SMARTS) is 1. The molecule has 0 aliphatic heterocycles. The van der Waals surface area contributed by atoms with Gasteiger partial charge in [0.15, 0.2) is 0 Å². The van der Waals surface area contributed by atoms with Crippen LogP contribution in [0.4, 0.5) is 0 Å². The Bertz CT molecular complexity index is 704. The molecule has 1 atom stereocenters. The fourth-order valence-electron chi connectivity index (χ4n) is 2.66. The first-order valence-corrected chi connectivity index (χ1v) is 8.46. The summed E-state index contributed by atoms with van der Waals surface area (Å²) in [7, 11) is 0. The zero-order valence-corrected chi connectivity index (χ0v) is 14.7. The molecule has 0 bridgehead atoms. The van der Waals surface area contributed by atoms with Gasteiger partial charge in [0.05, 0.1) is 12.6 Å². The van der Waals surface area contributed by atoms with Gasteiger partial charge >= 0.3 is 11.9 Å². The second-order valence-electron chi connectivity index (χ2n) is 5.84. The van der Waals surface area contributed by atoms with Crippen molar-refractivity contribution in [2.45, 2.75) is 25.4 Å². The summed E-state index contributed by atoms with van der Waals surface area (Å²) in [6.07, 6.45) is -0.0374. The van der Waals surface area contributed by atoms with Crippen LogP contribution >= 0.6 is 0 Å². The normalized spacial score (nSPS) is 11.8. The smallest absolute Gasteiger partial charge is 0.333 e. The highest BCUT2D eigenvalue weighted by atomic mass is 16.5. The molecule has 2 rings (SSSR count). The Balaban J connectivity index is 2.25. The van der Waals surface area contributed by atoms with E-state index in [1.807, 2.05) is 60.7 Å². The molecule has 0 saturated heterocycles. The third-order valence-corrected chi connectivity index (χ3v) is 3.95. The second-order valence-corrected chi connectivity index (χ2v) is 5.84. The van der Waals surface area contributed by atoms with Gasteiger partial charge in [-0.1, -0.05) is 67.2 Å². The number of hydrogen-bond donors (Lipinski definition) is 2. The Labute approximate surface area is 153 Å². The molecular weight excluding hydrogens is 330 g/mol. The first-order valence-electron chi connectivity index (χ1n) is 8.46. The number of ether oxygens (including phenoxy) is 1. The second kappa shape index (κ2) is 9.53. The predicted octanol–water partition coefficient (Wildman–Crippen LogP) is 3.33. The van der Waals surface area contributed by atoms with E-state index in [4.69, 9.17) is 4.74 Å². The number of hydrogen-bond acceptors (Lipinski definition) is 4. The van der Waals surface area contributed by atoms with Crippen molar-refractivity contribution in [3.05, 3.63) is 83.9 Å². The average molecular weight is 353 g/mol. The molecule has 0 aliphatic rings. The van der Waals surface area contributed by atoms with E-state index >= 15 is 0 Å². The molecule has 136 valence electrons. The van der Waals surface area contributed by atoms with E-state index in [-0.39, 0.29) is 24.6 Å². The molecule has 5 nitrogen and oxygen atoms in total. The Hall–Kier alpha value is -2.92. The van der Waals surface area contributed by atoms with Gasteiger partial charge in [0, 0.05) is 12.0 Å². The number of nitrogens with one attached hydrogen (secondary N) is 1. The number of rotatable bonds is 9.